The van der Waals surface area contributed by atoms with Crippen molar-refractivity contribution in [2.75, 3.05) is 45.8 Å². The van der Waals surface area contributed by atoms with Crippen LogP contribution in [0.3, 0.4) is 0 Å². The van der Waals surface area contributed by atoms with Crippen molar-refractivity contribution < 1.29 is 14.3 Å². The minimum absolute atomic E-state index is 0.0395. The molecule has 160 valence electrons. The molecule has 0 unspecified atom stereocenters. The largest absolute Gasteiger partial charge is 0.497 e. The summed E-state index contributed by atoms with van der Waals surface area (Å²) in [7, 11) is 5.68. The molecule has 3 aromatic rings. The van der Waals surface area contributed by atoms with Crippen molar-refractivity contribution in [3.63, 3.8) is 0 Å². The minimum atomic E-state index is -0.0991. The van der Waals surface area contributed by atoms with E-state index in [0.29, 0.717) is 12.3 Å². The Kier molecular flexibility index (Phi) is 7.29. The normalized spacial score (nSPS) is 11.1. The molecule has 0 fully saturated rings. The van der Waals surface area contributed by atoms with Crippen LogP contribution in [0.2, 0.25) is 0 Å². The first-order chi connectivity index (χ1) is 14.4. The molecule has 1 heterocycles. The molecule has 0 saturated carbocycles. The lowest BCUT2D eigenvalue weighted by Gasteiger charge is -2.21. The van der Waals surface area contributed by atoms with Gasteiger partial charge in [0.25, 0.3) is 5.91 Å². The number of nitrogens with zero attached hydrogens (tertiary/aromatic N) is 3. The van der Waals surface area contributed by atoms with Crippen LogP contribution >= 0.6 is 11.3 Å². The maximum absolute atomic E-state index is 13.1. The van der Waals surface area contributed by atoms with E-state index in [-0.39, 0.29) is 12.5 Å². The summed E-state index contributed by atoms with van der Waals surface area (Å²) < 4.78 is 12.0. The third kappa shape index (κ3) is 5.29. The maximum atomic E-state index is 13.1. The standard InChI is InChI=1S/C23H29N3O3S/c1-16-7-12-20-22(17(16)2)24-23(30-20)26(14-6-13-25(3)4)21(27)15-29-19-10-8-18(28-5)9-11-19/h7-12H,6,13-15H2,1-5H3. The number of rotatable bonds is 9. The number of benzene rings is 2. The fourth-order valence-electron chi connectivity index (χ4n) is 3.10. The van der Waals surface area contributed by atoms with Gasteiger partial charge in [0.15, 0.2) is 11.7 Å². The molecular weight excluding hydrogens is 398 g/mol. The van der Waals surface area contributed by atoms with E-state index in [1.54, 1.807) is 35.5 Å². The molecule has 0 spiro atoms. The minimum Gasteiger partial charge on any atom is -0.497 e. The third-order valence-electron chi connectivity index (χ3n) is 5.01. The van der Waals surface area contributed by atoms with E-state index in [1.807, 2.05) is 26.2 Å². The summed E-state index contributed by atoms with van der Waals surface area (Å²) in [5, 5.41) is 0.723. The zero-order valence-electron chi connectivity index (χ0n) is 18.3. The number of aromatic nitrogens is 1. The van der Waals surface area contributed by atoms with Crippen LogP contribution in [0.25, 0.3) is 10.2 Å². The van der Waals surface area contributed by atoms with Crippen LogP contribution in [0.15, 0.2) is 36.4 Å². The van der Waals surface area contributed by atoms with E-state index < -0.39 is 0 Å². The Bertz CT molecular complexity index is 999. The summed E-state index contributed by atoms with van der Waals surface area (Å²) in [4.78, 5) is 21.8. The van der Waals surface area contributed by atoms with Crippen molar-refractivity contribution in [2.24, 2.45) is 0 Å². The number of hydrogen-bond acceptors (Lipinski definition) is 6. The van der Waals surface area contributed by atoms with Gasteiger partial charge in [-0.1, -0.05) is 17.4 Å². The van der Waals surface area contributed by atoms with Crippen LogP contribution in [-0.2, 0) is 4.79 Å². The molecule has 0 radical (unpaired) electrons. The monoisotopic (exact) mass is 427 g/mol. The predicted molar refractivity (Wildman–Crippen MR) is 123 cm³/mol. The van der Waals surface area contributed by atoms with Crippen LogP contribution in [0.4, 0.5) is 5.13 Å². The molecule has 1 aromatic heterocycles. The van der Waals surface area contributed by atoms with Crippen LogP contribution in [0.5, 0.6) is 11.5 Å². The van der Waals surface area contributed by atoms with Gasteiger partial charge in [0.2, 0.25) is 0 Å². The van der Waals surface area contributed by atoms with Crippen LogP contribution in [-0.4, -0.2) is 56.7 Å². The molecule has 0 atom stereocenters. The van der Waals surface area contributed by atoms with E-state index in [9.17, 15) is 4.79 Å². The number of amides is 1. The number of fused-ring (bicyclic) bond motifs is 1. The van der Waals surface area contributed by atoms with E-state index in [0.717, 1.165) is 39.6 Å². The van der Waals surface area contributed by atoms with Gasteiger partial charge in [-0.15, -0.1) is 0 Å². The van der Waals surface area contributed by atoms with Gasteiger partial charge in [0.05, 0.1) is 17.3 Å². The number of methoxy groups -OCH3 is 1. The SMILES string of the molecule is COc1ccc(OCC(=O)N(CCCN(C)C)c2nc3c(C)c(C)ccc3s2)cc1. The van der Waals surface area contributed by atoms with Gasteiger partial charge in [-0.05, 0) is 82.4 Å². The fourth-order valence-corrected chi connectivity index (χ4v) is 4.17. The Hall–Kier alpha value is -2.64. The summed E-state index contributed by atoms with van der Waals surface area (Å²) in [6.45, 7) is 5.61. The molecule has 6 nitrogen and oxygen atoms in total. The van der Waals surface area contributed by atoms with Crippen LogP contribution < -0.4 is 14.4 Å². The van der Waals surface area contributed by atoms with Crippen LogP contribution in [0.1, 0.15) is 17.5 Å². The van der Waals surface area contributed by atoms with E-state index in [4.69, 9.17) is 14.5 Å². The molecule has 0 bridgehead atoms. The molecule has 0 saturated heterocycles. The van der Waals surface area contributed by atoms with Crippen molar-refractivity contribution in [1.82, 2.24) is 9.88 Å². The molecule has 0 aliphatic heterocycles. The first kappa shape index (κ1) is 22.1. The summed E-state index contributed by atoms with van der Waals surface area (Å²) >= 11 is 1.55. The molecule has 3 rings (SSSR count). The van der Waals surface area contributed by atoms with Gasteiger partial charge in [0, 0.05) is 6.54 Å². The number of aryl methyl sites for hydroxylation is 2. The van der Waals surface area contributed by atoms with Gasteiger partial charge in [-0.3, -0.25) is 9.69 Å². The zero-order chi connectivity index (χ0) is 21.7. The first-order valence-corrected chi connectivity index (χ1v) is 10.8. The number of ether oxygens (including phenoxy) is 2. The second-order valence-electron chi connectivity index (χ2n) is 7.52. The highest BCUT2D eigenvalue weighted by Gasteiger charge is 2.21. The van der Waals surface area contributed by atoms with Crippen molar-refractivity contribution in [3.8, 4) is 11.5 Å². The number of thiazole rings is 1. The van der Waals surface area contributed by atoms with Gasteiger partial charge < -0.3 is 14.4 Å². The smallest absolute Gasteiger partial charge is 0.266 e. The number of anilines is 1. The molecule has 0 aliphatic carbocycles. The lowest BCUT2D eigenvalue weighted by Crippen LogP contribution is -2.36. The van der Waals surface area contributed by atoms with Crippen LogP contribution in [0, 0.1) is 13.8 Å². The first-order valence-electron chi connectivity index (χ1n) is 9.97. The highest BCUT2D eigenvalue weighted by molar-refractivity contribution is 7.22. The van der Waals surface area contributed by atoms with Crippen molar-refractivity contribution >= 4 is 32.6 Å². The molecule has 2 aromatic carbocycles. The maximum Gasteiger partial charge on any atom is 0.266 e. The zero-order valence-corrected chi connectivity index (χ0v) is 19.1. The second-order valence-corrected chi connectivity index (χ2v) is 8.53. The predicted octanol–water partition coefficient (Wildman–Crippen LogP) is 4.29. The van der Waals surface area contributed by atoms with E-state index >= 15 is 0 Å². The van der Waals surface area contributed by atoms with Gasteiger partial charge in [-0.25, -0.2) is 4.98 Å². The number of hydrogen-bond donors (Lipinski definition) is 0. The molecular formula is C23H29N3O3S. The average Bonchev–Trinajstić information content (AvgIpc) is 3.17. The van der Waals surface area contributed by atoms with Crippen molar-refractivity contribution in [1.29, 1.82) is 0 Å². The summed E-state index contributed by atoms with van der Waals surface area (Å²) in [6, 6.07) is 11.4. The van der Waals surface area contributed by atoms with Gasteiger partial charge in [-0.2, -0.15) is 0 Å². The molecule has 0 N–H and O–H groups in total. The molecule has 1 amide bonds. The van der Waals surface area contributed by atoms with Crippen molar-refractivity contribution in [2.45, 2.75) is 20.3 Å². The highest BCUT2D eigenvalue weighted by atomic mass is 32.1. The van der Waals surface area contributed by atoms with E-state index in [2.05, 4.69) is 30.9 Å². The number of carbonyl (C=O) groups excluding carboxylic acids is 1. The molecule has 30 heavy (non-hydrogen) atoms. The highest BCUT2D eigenvalue weighted by Crippen LogP contribution is 2.32. The average molecular weight is 428 g/mol. The Morgan fingerprint density at radius 2 is 1.73 bits per heavy atom. The number of carbonyl (C=O) groups is 1. The summed E-state index contributed by atoms with van der Waals surface area (Å²) in [6.07, 6.45) is 0.856. The topological polar surface area (TPSA) is 54.9 Å². The van der Waals surface area contributed by atoms with Gasteiger partial charge >= 0.3 is 0 Å². The Morgan fingerprint density at radius 3 is 2.40 bits per heavy atom. The van der Waals surface area contributed by atoms with Gasteiger partial charge in [0.1, 0.15) is 11.5 Å². The third-order valence-corrected chi connectivity index (χ3v) is 6.06. The Balaban J connectivity index is 1.78. The Labute approximate surface area is 182 Å². The van der Waals surface area contributed by atoms with Crippen molar-refractivity contribution in [3.05, 3.63) is 47.5 Å². The second kappa shape index (κ2) is 9.91. The molecule has 0 aliphatic rings. The fraction of sp³-hybridized carbons (Fsp3) is 0.391. The summed E-state index contributed by atoms with van der Waals surface area (Å²) in [5.41, 5.74) is 3.33. The quantitative estimate of drug-likeness (QED) is 0.510. The van der Waals surface area contributed by atoms with E-state index in [1.165, 1.54) is 5.56 Å². The molecule has 7 heteroatoms. The lowest BCUT2D eigenvalue weighted by atomic mass is 10.1. The Morgan fingerprint density at radius 1 is 1.03 bits per heavy atom. The lowest BCUT2D eigenvalue weighted by molar-refractivity contribution is -0.120. The summed E-state index contributed by atoms with van der Waals surface area (Å²) in [5.74, 6) is 1.28.